The number of hydrogen-bond donors (Lipinski definition) is 6. The van der Waals surface area contributed by atoms with Gasteiger partial charge in [0.15, 0.2) is 23.2 Å². The Balaban J connectivity index is 1.56. The molecule has 3 aromatic rings. The molecule has 0 bridgehead atoms. The van der Waals surface area contributed by atoms with E-state index in [1.807, 2.05) is 13.0 Å². The first-order valence-corrected chi connectivity index (χ1v) is 11.1. The van der Waals surface area contributed by atoms with E-state index in [1.54, 1.807) is 12.1 Å². The first-order valence-electron chi connectivity index (χ1n) is 9.56. The Kier molecular flexibility index (Phi) is 6.14. The molecule has 4 atom stereocenters. The van der Waals surface area contributed by atoms with E-state index in [9.17, 15) is 19.9 Å². The standard InChI is InChI=1S/C18H22N5O8P/c1-9-3-2-4-11(24)10(9)5-19-16-13-17(21-7-20-16)23(8-22-13)18-15(26)14(25)12(31-18)6-30-32(27,28)29/h2-4,7-8,12,14-15,18,24-26H,5-6H2,1H3,(H,19,20,21)(H2,27,28,29)/t12-,14-,15-,18-/m1/s1. The van der Waals surface area contributed by atoms with Crippen molar-refractivity contribution in [2.45, 2.75) is 38.0 Å². The lowest BCUT2D eigenvalue weighted by molar-refractivity contribution is -0.0504. The molecule has 1 fully saturated rings. The molecule has 1 aromatic carbocycles. The average Bonchev–Trinajstić information content (AvgIpc) is 3.27. The van der Waals surface area contributed by atoms with Crippen molar-refractivity contribution in [1.82, 2.24) is 19.5 Å². The van der Waals surface area contributed by atoms with Gasteiger partial charge in [0.2, 0.25) is 0 Å². The normalized spacial score (nSPS) is 23.7. The second kappa shape index (κ2) is 8.71. The molecule has 0 amide bonds. The molecule has 4 rings (SSSR count). The highest BCUT2D eigenvalue weighted by Gasteiger charge is 2.45. The lowest BCUT2D eigenvalue weighted by Gasteiger charge is -2.16. The fourth-order valence-corrected chi connectivity index (χ4v) is 3.86. The van der Waals surface area contributed by atoms with Crippen molar-refractivity contribution in [3.8, 4) is 5.75 Å². The zero-order valence-electron chi connectivity index (χ0n) is 16.8. The Morgan fingerprint density at radius 3 is 2.72 bits per heavy atom. The van der Waals surface area contributed by atoms with Crippen LogP contribution < -0.4 is 5.32 Å². The van der Waals surface area contributed by atoms with E-state index >= 15 is 0 Å². The maximum absolute atomic E-state index is 10.9. The number of aromatic nitrogens is 4. The van der Waals surface area contributed by atoms with E-state index in [4.69, 9.17) is 14.5 Å². The maximum atomic E-state index is 10.9. The minimum atomic E-state index is -4.77. The number of phenols is 1. The minimum absolute atomic E-state index is 0.147. The summed E-state index contributed by atoms with van der Waals surface area (Å²) >= 11 is 0. The number of fused-ring (bicyclic) bond motifs is 1. The summed E-state index contributed by atoms with van der Waals surface area (Å²) in [5.41, 5.74) is 2.25. The molecule has 0 spiro atoms. The zero-order valence-corrected chi connectivity index (χ0v) is 17.7. The van der Waals surface area contributed by atoms with Crippen LogP contribution in [-0.4, -0.2) is 69.5 Å². The number of imidazole rings is 1. The molecular formula is C18H22N5O8P. The number of phenolic OH excluding ortho intramolecular Hbond substituents is 1. The summed E-state index contributed by atoms with van der Waals surface area (Å²) in [7, 11) is -4.77. The van der Waals surface area contributed by atoms with E-state index in [0.717, 1.165) is 5.56 Å². The van der Waals surface area contributed by atoms with Crippen LogP contribution in [0.1, 0.15) is 17.4 Å². The van der Waals surface area contributed by atoms with Gasteiger partial charge in [0.1, 0.15) is 30.4 Å². The highest BCUT2D eigenvalue weighted by Crippen LogP contribution is 2.39. The molecular weight excluding hydrogens is 445 g/mol. The first-order chi connectivity index (χ1) is 15.2. The van der Waals surface area contributed by atoms with Gasteiger partial charge in [-0.2, -0.15) is 0 Å². The summed E-state index contributed by atoms with van der Waals surface area (Å²) in [5.74, 6) is 0.527. The fraction of sp³-hybridized carbons (Fsp3) is 0.389. The van der Waals surface area contributed by atoms with E-state index in [0.29, 0.717) is 22.5 Å². The molecule has 1 saturated heterocycles. The number of aryl methyl sites for hydroxylation is 1. The molecule has 172 valence electrons. The summed E-state index contributed by atoms with van der Waals surface area (Å²) < 4.78 is 22.3. The van der Waals surface area contributed by atoms with Crippen LogP contribution in [0.25, 0.3) is 11.2 Å². The zero-order chi connectivity index (χ0) is 23.0. The third kappa shape index (κ3) is 4.45. The maximum Gasteiger partial charge on any atom is 0.469 e. The van der Waals surface area contributed by atoms with Gasteiger partial charge in [-0.1, -0.05) is 12.1 Å². The summed E-state index contributed by atoms with van der Waals surface area (Å²) in [5, 5.41) is 33.8. The van der Waals surface area contributed by atoms with Crippen LogP contribution in [0.3, 0.4) is 0 Å². The molecule has 6 N–H and O–H groups in total. The Morgan fingerprint density at radius 2 is 2.00 bits per heavy atom. The Labute approximate surface area is 181 Å². The van der Waals surface area contributed by atoms with E-state index < -0.39 is 39.0 Å². The second-order valence-electron chi connectivity index (χ2n) is 7.31. The van der Waals surface area contributed by atoms with Crippen molar-refractivity contribution in [2.24, 2.45) is 0 Å². The highest BCUT2D eigenvalue weighted by atomic mass is 31.2. The molecule has 0 saturated carbocycles. The van der Waals surface area contributed by atoms with Crippen LogP contribution >= 0.6 is 7.82 Å². The molecule has 3 heterocycles. The van der Waals surface area contributed by atoms with Crippen LogP contribution in [0.2, 0.25) is 0 Å². The van der Waals surface area contributed by atoms with Crippen molar-refractivity contribution in [3.05, 3.63) is 42.0 Å². The fourth-order valence-electron chi connectivity index (χ4n) is 3.52. The van der Waals surface area contributed by atoms with Gasteiger partial charge >= 0.3 is 7.82 Å². The van der Waals surface area contributed by atoms with Crippen LogP contribution in [0.15, 0.2) is 30.9 Å². The number of phosphoric ester groups is 1. The van der Waals surface area contributed by atoms with Gasteiger partial charge in [0.05, 0.1) is 12.9 Å². The van der Waals surface area contributed by atoms with Gasteiger partial charge in [-0.3, -0.25) is 9.09 Å². The number of benzene rings is 1. The third-order valence-electron chi connectivity index (χ3n) is 5.20. The predicted molar refractivity (Wildman–Crippen MR) is 109 cm³/mol. The van der Waals surface area contributed by atoms with Crippen LogP contribution in [-0.2, 0) is 20.4 Å². The van der Waals surface area contributed by atoms with Crippen molar-refractivity contribution in [2.75, 3.05) is 11.9 Å². The topological polar surface area (TPSA) is 192 Å². The number of ether oxygens (including phenoxy) is 1. The number of phosphoric acid groups is 1. The number of rotatable bonds is 7. The number of aliphatic hydroxyl groups is 2. The second-order valence-corrected chi connectivity index (χ2v) is 8.54. The summed E-state index contributed by atoms with van der Waals surface area (Å²) in [6.07, 6.45) is -2.54. The molecule has 14 heteroatoms. The molecule has 1 aliphatic heterocycles. The van der Waals surface area contributed by atoms with E-state index in [1.165, 1.54) is 17.2 Å². The van der Waals surface area contributed by atoms with Crippen molar-refractivity contribution >= 4 is 24.8 Å². The Hall–Kier alpha value is -2.64. The third-order valence-corrected chi connectivity index (χ3v) is 5.68. The molecule has 0 unspecified atom stereocenters. The Morgan fingerprint density at radius 1 is 1.22 bits per heavy atom. The minimum Gasteiger partial charge on any atom is -0.508 e. The number of anilines is 1. The average molecular weight is 467 g/mol. The van der Waals surface area contributed by atoms with Crippen molar-refractivity contribution in [1.29, 1.82) is 0 Å². The van der Waals surface area contributed by atoms with E-state index in [-0.39, 0.29) is 12.3 Å². The number of nitrogens with zero attached hydrogens (tertiary/aromatic N) is 4. The molecule has 0 aliphatic carbocycles. The van der Waals surface area contributed by atoms with Crippen LogP contribution in [0.5, 0.6) is 5.75 Å². The van der Waals surface area contributed by atoms with Gasteiger partial charge in [0, 0.05) is 12.1 Å². The number of hydrogen-bond acceptors (Lipinski definition) is 10. The van der Waals surface area contributed by atoms with Gasteiger partial charge in [-0.15, -0.1) is 0 Å². The van der Waals surface area contributed by atoms with Crippen molar-refractivity contribution < 1.29 is 38.9 Å². The molecule has 32 heavy (non-hydrogen) atoms. The molecule has 0 radical (unpaired) electrons. The van der Waals surface area contributed by atoms with Gasteiger partial charge in [-0.05, 0) is 18.6 Å². The van der Waals surface area contributed by atoms with Gasteiger partial charge in [0.25, 0.3) is 0 Å². The lowest BCUT2D eigenvalue weighted by Crippen LogP contribution is -2.33. The first kappa shape index (κ1) is 22.6. The summed E-state index contributed by atoms with van der Waals surface area (Å²) in [6, 6.07) is 5.21. The van der Waals surface area contributed by atoms with Crippen molar-refractivity contribution in [3.63, 3.8) is 0 Å². The smallest absolute Gasteiger partial charge is 0.469 e. The van der Waals surface area contributed by atoms with Crippen LogP contribution in [0, 0.1) is 6.92 Å². The SMILES string of the molecule is Cc1cccc(O)c1CNc1ncnc2c1ncn2[C@@H]1O[C@H](COP(=O)(O)O)[C@@H](O)[C@H]1O. The quantitative estimate of drug-likeness (QED) is 0.259. The van der Waals surface area contributed by atoms with Gasteiger partial charge in [-0.25, -0.2) is 19.5 Å². The van der Waals surface area contributed by atoms with E-state index in [2.05, 4.69) is 24.8 Å². The predicted octanol–water partition coefficient (Wildman–Crippen LogP) is 0.181. The number of aliphatic hydroxyl groups excluding tert-OH is 2. The van der Waals surface area contributed by atoms with Crippen LogP contribution in [0.4, 0.5) is 5.82 Å². The highest BCUT2D eigenvalue weighted by molar-refractivity contribution is 7.46. The number of aromatic hydroxyl groups is 1. The lowest BCUT2D eigenvalue weighted by atomic mass is 10.1. The number of nitrogens with one attached hydrogen (secondary N) is 1. The molecule has 13 nitrogen and oxygen atoms in total. The molecule has 1 aliphatic rings. The summed E-state index contributed by atoms with van der Waals surface area (Å²) in [4.78, 5) is 30.3. The summed E-state index contributed by atoms with van der Waals surface area (Å²) in [6.45, 7) is 1.53. The molecule has 2 aromatic heterocycles. The van der Waals surface area contributed by atoms with Gasteiger partial charge < -0.3 is 35.2 Å². The largest absolute Gasteiger partial charge is 0.508 e. The monoisotopic (exact) mass is 467 g/mol. The Bertz CT molecular complexity index is 1150.